The van der Waals surface area contributed by atoms with Crippen LogP contribution >= 0.6 is 0 Å². The molecule has 2 aliphatic heterocycles. The Balaban J connectivity index is 1.99. The largest absolute Gasteiger partial charge is 0.507 e. The van der Waals surface area contributed by atoms with E-state index in [0.717, 1.165) is 17.5 Å². The maximum Gasteiger partial charge on any atom is 0.147 e. The van der Waals surface area contributed by atoms with Gasteiger partial charge >= 0.3 is 0 Å². The molecule has 1 atom stereocenters. The smallest absolute Gasteiger partial charge is 0.147 e. The molecule has 2 fully saturated rings. The lowest BCUT2D eigenvalue weighted by atomic mass is 9.67. The highest BCUT2D eigenvalue weighted by atomic mass is 16.7. The number of hydrogen-bond donors (Lipinski definition) is 1. The Morgan fingerprint density at radius 3 is 1.77 bits per heavy atom. The second-order valence-electron chi connectivity index (χ2n) is 11.9. The molecule has 5 heteroatoms. The van der Waals surface area contributed by atoms with Crippen molar-refractivity contribution in [3.05, 3.63) is 28.8 Å². The van der Waals surface area contributed by atoms with Gasteiger partial charge in [-0.2, -0.15) is 0 Å². The maximum absolute atomic E-state index is 11.1. The van der Waals surface area contributed by atoms with Gasteiger partial charge in [0.15, 0.2) is 0 Å². The molecule has 30 heavy (non-hydrogen) atoms. The SMILES string of the molecule is CC(C)(C)c1cc(CC(C)(C)C2OCOCC23COCOC3)cc(C(C)(C)C)c1O. The second kappa shape index (κ2) is 8.09. The van der Waals surface area contributed by atoms with Crippen LogP contribution in [-0.2, 0) is 36.2 Å². The van der Waals surface area contributed by atoms with Crippen LogP contribution in [0.3, 0.4) is 0 Å². The Labute approximate surface area is 182 Å². The Morgan fingerprint density at radius 2 is 1.30 bits per heavy atom. The first-order chi connectivity index (χ1) is 13.8. The summed E-state index contributed by atoms with van der Waals surface area (Å²) < 4.78 is 23.2. The van der Waals surface area contributed by atoms with Gasteiger partial charge in [0.05, 0.1) is 31.3 Å². The molecule has 0 radical (unpaired) electrons. The van der Waals surface area contributed by atoms with Gasteiger partial charge in [-0.05, 0) is 39.4 Å². The fourth-order valence-corrected chi connectivity index (χ4v) is 5.05. The number of rotatable bonds is 3. The molecule has 0 aromatic heterocycles. The van der Waals surface area contributed by atoms with E-state index in [0.29, 0.717) is 39.2 Å². The highest BCUT2D eigenvalue weighted by molar-refractivity contribution is 5.50. The van der Waals surface area contributed by atoms with Gasteiger partial charge in [-0.25, -0.2) is 0 Å². The van der Waals surface area contributed by atoms with Gasteiger partial charge in [0.1, 0.15) is 19.3 Å². The van der Waals surface area contributed by atoms with Crippen LogP contribution in [0.25, 0.3) is 0 Å². The summed E-state index contributed by atoms with van der Waals surface area (Å²) >= 11 is 0. The van der Waals surface area contributed by atoms with Crippen molar-refractivity contribution < 1.29 is 24.1 Å². The molecule has 2 aliphatic rings. The van der Waals surface area contributed by atoms with E-state index >= 15 is 0 Å². The summed E-state index contributed by atoms with van der Waals surface area (Å²) in [5.74, 6) is 0.421. The molecular formula is C25H40O5. The highest BCUT2D eigenvalue weighted by Gasteiger charge is 2.51. The summed E-state index contributed by atoms with van der Waals surface area (Å²) in [4.78, 5) is 0. The molecule has 3 rings (SSSR count). The molecule has 1 aromatic carbocycles. The minimum atomic E-state index is -0.295. The third-order valence-corrected chi connectivity index (χ3v) is 6.36. The molecule has 2 saturated heterocycles. The third kappa shape index (κ3) is 4.69. The van der Waals surface area contributed by atoms with E-state index in [1.54, 1.807) is 0 Å². The Kier molecular flexibility index (Phi) is 6.34. The fraction of sp³-hybridized carbons (Fsp3) is 0.760. The molecule has 1 spiro atoms. The van der Waals surface area contributed by atoms with Crippen molar-refractivity contribution in [2.45, 2.75) is 78.7 Å². The van der Waals surface area contributed by atoms with E-state index in [1.165, 1.54) is 5.56 Å². The van der Waals surface area contributed by atoms with E-state index in [1.807, 2.05) is 0 Å². The molecule has 2 heterocycles. The van der Waals surface area contributed by atoms with Gasteiger partial charge in [-0.1, -0.05) is 67.5 Å². The summed E-state index contributed by atoms with van der Waals surface area (Å²) in [6.45, 7) is 19.8. The zero-order chi connectivity index (χ0) is 22.4. The minimum absolute atomic E-state index is 0.0518. The molecule has 0 aliphatic carbocycles. The fourth-order valence-electron chi connectivity index (χ4n) is 5.05. The standard InChI is InChI=1S/C25H40O5/c1-22(2,3)18-9-17(10-19(20(18)26)23(4,5)6)11-24(7,8)21-25(14-29-16-30-21)12-27-15-28-13-25/h9-10,21,26H,11-16H2,1-8H3. The molecule has 0 saturated carbocycles. The van der Waals surface area contributed by atoms with Crippen LogP contribution in [0.15, 0.2) is 12.1 Å². The Hall–Kier alpha value is -1.14. The summed E-state index contributed by atoms with van der Waals surface area (Å²) in [6, 6.07) is 4.35. The lowest BCUT2D eigenvalue weighted by Crippen LogP contribution is -2.59. The summed E-state index contributed by atoms with van der Waals surface area (Å²) in [7, 11) is 0. The van der Waals surface area contributed by atoms with Crippen molar-refractivity contribution >= 4 is 0 Å². The summed E-state index contributed by atoms with van der Waals surface area (Å²) in [6.07, 6.45) is 0.773. The van der Waals surface area contributed by atoms with Crippen molar-refractivity contribution in [2.75, 3.05) is 33.4 Å². The average molecular weight is 421 g/mol. The van der Waals surface area contributed by atoms with Crippen LogP contribution in [0.1, 0.15) is 72.1 Å². The molecular weight excluding hydrogens is 380 g/mol. The first-order valence-corrected chi connectivity index (χ1v) is 11.0. The average Bonchev–Trinajstić information content (AvgIpc) is 2.62. The Bertz CT molecular complexity index is 705. The van der Waals surface area contributed by atoms with Gasteiger partial charge in [0.25, 0.3) is 0 Å². The zero-order valence-electron chi connectivity index (χ0n) is 20.1. The minimum Gasteiger partial charge on any atom is -0.507 e. The van der Waals surface area contributed by atoms with Gasteiger partial charge < -0.3 is 24.1 Å². The number of hydrogen-bond acceptors (Lipinski definition) is 5. The van der Waals surface area contributed by atoms with Crippen LogP contribution in [0.5, 0.6) is 5.75 Å². The van der Waals surface area contributed by atoms with E-state index < -0.39 is 0 Å². The number of phenols is 1. The van der Waals surface area contributed by atoms with Gasteiger partial charge in [-0.3, -0.25) is 0 Å². The van der Waals surface area contributed by atoms with E-state index in [-0.39, 0.29) is 27.8 Å². The first-order valence-electron chi connectivity index (χ1n) is 11.0. The van der Waals surface area contributed by atoms with Crippen molar-refractivity contribution in [1.82, 2.24) is 0 Å². The third-order valence-electron chi connectivity index (χ3n) is 6.36. The number of benzene rings is 1. The first kappa shape index (κ1) is 23.5. The van der Waals surface area contributed by atoms with E-state index in [9.17, 15) is 5.11 Å². The topological polar surface area (TPSA) is 57.2 Å². The van der Waals surface area contributed by atoms with Crippen molar-refractivity contribution in [2.24, 2.45) is 10.8 Å². The molecule has 0 bridgehead atoms. The van der Waals surface area contributed by atoms with E-state index in [2.05, 4.69) is 67.5 Å². The lowest BCUT2D eigenvalue weighted by molar-refractivity contribution is -0.296. The molecule has 1 N–H and O–H groups in total. The predicted octanol–water partition coefficient (Wildman–Crippen LogP) is 4.92. The molecule has 1 aromatic rings. The molecule has 1 unspecified atom stereocenters. The number of phenolic OH excluding ortho intramolecular Hbond substituents is 1. The number of ether oxygens (including phenoxy) is 4. The van der Waals surface area contributed by atoms with Crippen molar-refractivity contribution in [1.29, 1.82) is 0 Å². The Morgan fingerprint density at radius 1 is 0.833 bits per heavy atom. The highest BCUT2D eigenvalue weighted by Crippen LogP contribution is 2.45. The summed E-state index contributed by atoms with van der Waals surface area (Å²) in [5, 5.41) is 11.1. The monoisotopic (exact) mass is 420 g/mol. The van der Waals surface area contributed by atoms with Gasteiger partial charge in [0, 0.05) is 0 Å². The lowest BCUT2D eigenvalue weighted by Gasteiger charge is -2.51. The zero-order valence-corrected chi connectivity index (χ0v) is 20.1. The van der Waals surface area contributed by atoms with Crippen LogP contribution in [0.4, 0.5) is 0 Å². The van der Waals surface area contributed by atoms with E-state index in [4.69, 9.17) is 18.9 Å². The molecule has 170 valence electrons. The predicted molar refractivity (Wildman–Crippen MR) is 118 cm³/mol. The van der Waals surface area contributed by atoms with Crippen LogP contribution in [-0.4, -0.2) is 44.6 Å². The van der Waals surface area contributed by atoms with Crippen molar-refractivity contribution in [3.8, 4) is 5.75 Å². The van der Waals surface area contributed by atoms with Crippen LogP contribution in [0.2, 0.25) is 0 Å². The van der Waals surface area contributed by atoms with Gasteiger partial charge in [0.2, 0.25) is 0 Å². The quantitative estimate of drug-likeness (QED) is 0.752. The maximum atomic E-state index is 11.1. The molecule has 0 amide bonds. The summed E-state index contributed by atoms with van der Waals surface area (Å²) in [5.41, 5.74) is 2.44. The van der Waals surface area contributed by atoms with Crippen molar-refractivity contribution in [3.63, 3.8) is 0 Å². The van der Waals surface area contributed by atoms with Crippen LogP contribution in [0, 0.1) is 10.8 Å². The van der Waals surface area contributed by atoms with Crippen LogP contribution < -0.4 is 0 Å². The molecule has 5 nitrogen and oxygen atoms in total. The van der Waals surface area contributed by atoms with Gasteiger partial charge in [-0.15, -0.1) is 0 Å². The normalized spacial score (nSPS) is 23.0. The number of aromatic hydroxyl groups is 1. The second-order valence-corrected chi connectivity index (χ2v) is 11.9.